The van der Waals surface area contributed by atoms with Crippen LogP contribution in [-0.2, 0) is 15.1 Å². The van der Waals surface area contributed by atoms with Crippen molar-refractivity contribution in [1.82, 2.24) is 5.32 Å². The van der Waals surface area contributed by atoms with E-state index in [1.807, 2.05) is 18.2 Å². The molecule has 51 heavy (non-hydrogen) atoms. The second-order valence-electron chi connectivity index (χ2n) is 15.8. The lowest BCUT2D eigenvalue weighted by atomic mass is 9.80. The van der Waals surface area contributed by atoms with E-state index in [4.69, 9.17) is 9.47 Å². The van der Waals surface area contributed by atoms with Gasteiger partial charge in [-0.2, -0.15) is 0 Å². The number of ether oxygens (including phenoxy) is 2. The van der Waals surface area contributed by atoms with Crippen LogP contribution in [0.15, 0.2) is 42.5 Å². The highest BCUT2D eigenvalue weighted by atomic mass is 79.9. The molecule has 9 nitrogen and oxygen atoms in total. The predicted molar refractivity (Wildman–Crippen MR) is 196 cm³/mol. The van der Waals surface area contributed by atoms with Gasteiger partial charge < -0.3 is 56.9 Å². The third-order valence-corrected chi connectivity index (χ3v) is 12.3. The second-order valence-corrected chi connectivity index (χ2v) is 15.8. The largest absolute Gasteiger partial charge is 1.00 e. The number of nitrogens with zero attached hydrogens (tertiary/aromatic N) is 1. The molecular formula is C41H62BrN3O6. The van der Waals surface area contributed by atoms with Crippen molar-refractivity contribution >= 4 is 11.6 Å². The quantitative estimate of drug-likeness (QED) is 0.103. The summed E-state index contributed by atoms with van der Waals surface area (Å²) < 4.78 is 13.5. The third kappa shape index (κ3) is 10.5. The summed E-state index contributed by atoms with van der Waals surface area (Å²) in [4.78, 5) is 11.6. The number of amides is 1. The number of rotatable bonds is 20. The summed E-state index contributed by atoms with van der Waals surface area (Å²) in [7, 11) is 0. The van der Waals surface area contributed by atoms with Crippen molar-refractivity contribution in [3.8, 4) is 11.5 Å². The number of hydrogen-bond acceptors (Lipinski definition) is 7. The molecule has 3 atom stereocenters. The van der Waals surface area contributed by atoms with Crippen LogP contribution in [0.1, 0.15) is 114 Å². The zero-order valence-corrected chi connectivity index (χ0v) is 32.1. The summed E-state index contributed by atoms with van der Waals surface area (Å²) in [6.07, 6.45) is 17.9. The van der Waals surface area contributed by atoms with Crippen molar-refractivity contribution in [3.63, 3.8) is 0 Å². The summed E-state index contributed by atoms with van der Waals surface area (Å²) in [6, 6.07) is 13.2. The lowest BCUT2D eigenvalue weighted by Crippen LogP contribution is -3.00. The molecule has 4 aliphatic heterocycles. The van der Waals surface area contributed by atoms with Gasteiger partial charge in [0.2, 0.25) is 0 Å². The number of carbonyl (C=O) groups excluding carboxylic acids is 1. The maximum absolute atomic E-state index is 12.0. The molecule has 1 saturated carbocycles. The molecule has 1 amide bonds. The average Bonchev–Trinajstić information content (AvgIpc) is 3.69. The highest BCUT2D eigenvalue weighted by Crippen LogP contribution is 2.43. The number of nitrogens with one attached hydrogen (secondary N) is 2. The second kappa shape index (κ2) is 19.2. The number of fused-ring (bicyclic) bond motifs is 4. The molecule has 1 aliphatic carbocycles. The number of halogens is 1. The van der Waals surface area contributed by atoms with Gasteiger partial charge in [0.25, 0.3) is 5.91 Å². The van der Waals surface area contributed by atoms with Crippen LogP contribution >= 0.6 is 0 Å². The van der Waals surface area contributed by atoms with Crippen LogP contribution in [0.25, 0.3) is 0 Å². The fraction of sp³-hybridized carbons (Fsp3) is 0.683. The maximum atomic E-state index is 12.0. The number of anilines is 1. The highest BCUT2D eigenvalue weighted by Gasteiger charge is 2.48. The zero-order chi connectivity index (χ0) is 34.8. The minimum absolute atomic E-state index is 0. The fourth-order valence-corrected chi connectivity index (χ4v) is 9.27. The minimum atomic E-state index is -0.872. The van der Waals surface area contributed by atoms with Gasteiger partial charge in [0, 0.05) is 36.9 Å². The molecule has 2 aromatic carbocycles. The summed E-state index contributed by atoms with van der Waals surface area (Å²) in [6.45, 7) is 6.54. The molecule has 0 aromatic heterocycles. The number of hydrogen-bond donors (Lipinski definition) is 5. The van der Waals surface area contributed by atoms with E-state index in [9.17, 15) is 20.1 Å². The molecule has 284 valence electrons. The molecule has 2 aromatic rings. The standard InChI is InChI=1S/C41H61N3O6.BrH/c45-34-25-35(40-36(26-34)43-39(47)29-49-40)37(46)27-42-21-13-6-4-2-1-3-5-7-14-22-44-23-19-31(20-24-44)38(28-44)50-30-41(48,33-17-11-12-18-33)32-15-9-8-10-16-32;/h8-10,15-16,25-26,31,33,37-38,42,46,48H,1-7,11-14,17-24,27-30H2,(H-,43,45,47);1H/t31?,37-,38-,41+,44?;/m0./s1. The normalized spacial score (nSPS) is 24.6. The van der Waals surface area contributed by atoms with Gasteiger partial charge in [0.05, 0.1) is 38.0 Å². The van der Waals surface area contributed by atoms with E-state index in [-0.39, 0.29) is 41.3 Å². The van der Waals surface area contributed by atoms with E-state index in [0.717, 1.165) is 37.9 Å². The Morgan fingerprint density at radius 2 is 1.61 bits per heavy atom. The van der Waals surface area contributed by atoms with Gasteiger partial charge in [-0.25, -0.2) is 0 Å². The highest BCUT2D eigenvalue weighted by molar-refractivity contribution is 5.96. The molecule has 10 heteroatoms. The van der Waals surface area contributed by atoms with Crippen LogP contribution in [0, 0.1) is 11.8 Å². The summed E-state index contributed by atoms with van der Waals surface area (Å²) in [5.74, 6) is 1.09. The Morgan fingerprint density at radius 1 is 0.941 bits per heavy atom. The van der Waals surface area contributed by atoms with Crippen molar-refractivity contribution < 1.29 is 51.1 Å². The van der Waals surface area contributed by atoms with Crippen molar-refractivity contribution in [3.05, 3.63) is 53.6 Å². The first-order chi connectivity index (χ1) is 24.4. The van der Waals surface area contributed by atoms with Crippen LogP contribution in [0.3, 0.4) is 0 Å². The van der Waals surface area contributed by atoms with E-state index in [0.29, 0.717) is 42.0 Å². The number of aliphatic hydroxyl groups is 2. The molecule has 5 aliphatic rings. The van der Waals surface area contributed by atoms with Crippen LogP contribution < -0.4 is 32.4 Å². The number of phenolic OH excluding ortho intramolecular Hbond substituents is 1. The lowest BCUT2D eigenvalue weighted by Gasteiger charge is -2.53. The van der Waals surface area contributed by atoms with Crippen LogP contribution in [0.5, 0.6) is 11.5 Å². The monoisotopic (exact) mass is 771 g/mol. The van der Waals surface area contributed by atoms with Gasteiger partial charge in [-0.05, 0) is 56.2 Å². The molecule has 7 rings (SSSR count). The molecule has 5 N–H and O–H groups in total. The lowest BCUT2D eigenvalue weighted by molar-refractivity contribution is -0.946. The first kappa shape index (κ1) is 40.0. The van der Waals surface area contributed by atoms with Crippen molar-refractivity contribution in [2.75, 3.05) is 57.8 Å². The topological polar surface area (TPSA) is 120 Å². The molecule has 3 saturated heterocycles. The first-order valence-corrected chi connectivity index (χ1v) is 19.8. The molecule has 0 spiro atoms. The van der Waals surface area contributed by atoms with E-state index in [2.05, 4.69) is 22.8 Å². The van der Waals surface area contributed by atoms with Crippen LogP contribution in [0.4, 0.5) is 5.69 Å². The Bertz CT molecular complexity index is 1370. The van der Waals surface area contributed by atoms with E-state index in [1.54, 1.807) is 0 Å². The van der Waals surface area contributed by atoms with Crippen molar-refractivity contribution in [2.45, 2.75) is 114 Å². The third-order valence-electron chi connectivity index (χ3n) is 12.3. The summed E-state index contributed by atoms with van der Waals surface area (Å²) >= 11 is 0. The number of unbranched alkanes of at least 4 members (excludes halogenated alkanes) is 8. The summed E-state index contributed by atoms with van der Waals surface area (Å²) in [5, 5.41) is 38.7. The number of aliphatic hydroxyl groups excluding tert-OH is 1. The van der Waals surface area contributed by atoms with E-state index in [1.165, 1.54) is 113 Å². The number of aromatic hydroxyl groups is 1. The Balaban J connectivity index is 0.00000504. The molecule has 2 bridgehead atoms. The van der Waals surface area contributed by atoms with E-state index >= 15 is 0 Å². The van der Waals surface area contributed by atoms with Gasteiger partial charge in [-0.1, -0.05) is 81.7 Å². The van der Waals surface area contributed by atoms with Gasteiger partial charge in [0.1, 0.15) is 29.7 Å². The SMILES string of the molecule is O=C1COc2c(cc(O)cc2[C@@H](O)CNCCCCCCCCCCC[N+]23CCC(CC2)[C@@H](OC[C@@](O)(c2ccccc2)C2CCCC2)C3)N1.[Br-]. The van der Waals surface area contributed by atoms with Crippen molar-refractivity contribution in [1.29, 1.82) is 0 Å². The van der Waals surface area contributed by atoms with Crippen molar-refractivity contribution in [2.24, 2.45) is 11.8 Å². The molecule has 4 heterocycles. The van der Waals surface area contributed by atoms with Crippen LogP contribution in [0.2, 0.25) is 0 Å². The number of benzene rings is 2. The van der Waals surface area contributed by atoms with E-state index < -0.39 is 11.7 Å². The minimum Gasteiger partial charge on any atom is -1.00 e. The smallest absolute Gasteiger partial charge is 0.262 e. The maximum Gasteiger partial charge on any atom is 0.262 e. The molecule has 0 unspecified atom stereocenters. The molecular weight excluding hydrogens is 710 g/mol. The summed E-state index contributed by atoms with van der Waals surface area (Å²) in [5.41, 5.74) is 1.04. The Labute approximate surface area is 315 Å². The van der Waals surface area contributed by atoms with Gasteiger partial charge >= 0.3 is 0 Å². The van der Waals surface area contributed by atoms with Crippen LogP contribution in [-0.4, -0.2) is 84.3 Å². The number of carbonyl (C=O) groups is 1. The Morgan fingerprint density at radius 3 is 2.31 bits per heavy atom. The molecule has 0 radical (unpaired) electrons. The predicted octanol–water partition coefficient (Wildman–Crippen LogP) is 3.56. The Kier molecular flexibility index (Phi) is 15.1. The fourth-order valence-electron chi connectivity index (χ4n) is 9.27. The number of quaternary nitrogens is 1. The molecule has 4 fully saturated rings. The average molecular weight is 773 g/mol. The van der Waals surface area contributed by atoms with Gasteiger partial charge in [-0.3, -0.25) is 4.79 Å². The van der Waals surface area contributed by atoms with Gasteiger partial charge in [-0.15, -0.1) is 0 Å². The van der Waals surface area contributed by atoms with Gasteiger partial charge in [0.15, 0.2) is 6.61 Å². The first-order valence-electron chi connectivity index (χ1n) is 19.8. The number of piperidine rings is 3. The number of phenols is 1. The zero-order valence-electron chi connectivity index (χ0n) is 30.5. The Hall–Kier alpha value is -2.21.